The summed E-state index contributed by atoms with van der Waals surface area (Å²) in [6, 6.07) is 30.7. The zero-order valence-corrected chi connectivity index (χ0v) is 32.7. The van der Waals surface area contributed by atoms with Crippen molar-refractivity contribution in [1.82, 2.24) is 21.3 Å². The fraction of sp³-hybridized carbons (Fsp3) is 0.176. The van der Waals surface area contributed by atoms with Gasteiger partial charge < -0.3 is 26.4 Å². The monoisotopic (exact) mass is 768 g/mol. The van der Waals surface area contributed by atoms with E-state index in [9.17, 15) is 5.11 Å². The number of benzene rings is 4. The van der Waals surface area contributed by atoms with E-state index in [-0.39, 0.29) is 84.0 Å². The molecule has 0 amide bonds. The minimum atomic E-state index is -0.00148. The molecule has 0 unspecified atom stereocenters. The van der Waals surface area contributed by atoms with E-state index >= 15 is 0 Å². The van der Waals surface area contributed by atoms with Crippen LogP contribution in [-0.2, 0) is 0 Å². The van der Waals surface area contributed by atoms with Crippen LogP contribution in [0.2, 0.25) is 10.0 Å². The molecule has 0 atom stereocenters. The minimum absolute atomic E-state index is 0. The molecule has 0 radical (unpaired) electrons. The molecule has 0 fully saturated rings. The minimum Gasteiger partial charge on any atom is -0.872 e. The molecule has 0 heterocycles. The van der Waals surface area contributed by atoms with Gasteiger partial charge in [0.1, 0.15) is 0 Å². The summed E-state index contributed by atoms with van der Waals surface area (Å²) in [5.74, 6) is 0.190. The largest absolute Gasteiger partial charge is 1.00 e. The number of rotatable bonds is 10. The molecule has 0 saturated heterocycles. The van der Waals surface area contributed by atoms with Crippen LogP contribution >= 0.6 is 48.0 Å². The summed E-state index contributed by atoms with van der Waals surface area (Å²) in [4.78, 5) is 0. The van der Waals surface area contributed by atoms with Crippen molar-refractivity contribution in [1.29, 1.82) is 21.6 Å². The number of nitrogens with one attached hydrogen (secondary N) is 10. The molecule has 11 nitrogen and oxygen atoms in total. The Morgan fingerprint density at radius 2 is 0.920 bits per heavy atom. The van der Waals surface area contributed by atoms with E-state index in [2.05, 4.69) is 31.9 Å². The molecule has 16 heteroatoms. The van der Waals surface area contributed by atoms with Gasteiger partial charge in [-0.2, -0.15) is 0 Å². The van der Waals surface area contributed by atoms with Crippen LogP contribution in [0, 0.1) is 21.6 Å². The zero-order valence-electron chi connectivity index (χ0n) is 27.5. The van der Waals surface area contributed by atoms with Crippen molar-refractivity contribution in [2.45, 2.75) is 25.7 Å². The maximum atomic E-state index is 11.4. The summed E-state index contributed by atoms with van der Waals surface area (Å²) < 4.78 is 0. The topological polar surface area (TPSA) is 191 Å². The Balaban J connectivity index is 0.00000126. The Kier molecular flexibility index (Phi) is 24.2. The summed E-state index contributed by atoms with van der Waals surface area (Å²) in [7, 11) is 0. The second-order valence-electron chi connectivity index (χ2n) is 10.1. The van der Waals surface area contributed by atoms with E-state index < -0.39 is 0 Å². The summed E-state index contributed by atoms with van der Waals surface area (Å²) in [6.45, 7) is 1.25. The van der Waals surface area contributed by atoms with Gasteiger partial charge >= 0.3 is 29.6 Å². The van der Waals surface area contributed by atoms with Crippen molar-refractivity contribution in [2.75, 3.05) is 23.7 Å². The second-order valence-corrected chi connectivity index (χ2v) is 11.0. The zero-order chi connectivity index (χ0) is 33.9. The molecule has 4 rings (SSSR count). The summed E-state index contributed by atoms with van der Waals surface area (Å²) in [6.07, 6.45) is 3.70. The summed E-state index contributed by atoms with van der Waals surface area (Å²) in [5.41, 5.74) is 3.17. The molecule has 0 spiro atoms. The summed E-state index contributed by atoms with van der Waals surface area (Å²) >= 11 is 11.7. The third kappa shape index (κ3) is 18.9. The maximum absolute atomic E-state index is 11.4. The average molecular weight is 771 g/mol. The SMILES string of the molecule is Cl.Cl.N=C(NCCCCCCNC(=N)NC(=N)Nc1ccc(Cl)cc1)NC(=N)Nc1ccc(Cl)cc1.[Na+].[O-]c1ccccc1-c1ccccc1. The van der Waals surface area contributed by atoms with Crippen LogP contribution in [0.25, 0.3) is 11.1 Å². The first kappa shape index (κ1) is 46.3. The van der Waals surface area contributed by atoms with E-state index in [1.165, 1.54) is 0 Å². The van der Waals surface area contributed by atoms with Gasteiger partial charge in [-0.15, -0.1) is 30.6 Å². The van der Waals surface area contributed by atoms with Crippen molar-refractivity contribution in [2.24, 2.45) is 0 Å². The quantitative estimate of drug-likeness (QED) is 0.0488. The van der Waals surface area contributed by atoms with Gasteiger partial charge in [0.25, 0.3) is 0 Å². The van der Waals surface area contributed by atoms with Crippen LogP contribution in [0.4, 0.5) is 11.4 Å². The molecular weight excluding hydrogens is 729 g/mol. The Morgan fingerprint density at radius 3 is 1.34 bits per heavy atom. The molecule has 0 aromatic heterocycles. The molecule has 50 heavy (non-hydrogen) atoms. The number of para-hydroxylation sites is 1. The average Bonchev–Trinajstić information content (AvgIpc) is 3.05. The first-order valence-electron chi connectivity index (χ1n) is 14.9. The smallest absolute Gasteiger partial charge is 0.872 e. The van der Waals surface area contributed by atoms with Gasteiger partial charge in [0.15, 0.2) is 23.8 Å². The van der Waals surface area contributed by atoms with Gasteiger partial charge in [0.05, 0.1) is 0 Å². The molecular formula is C34H41Cl4N10NaO. The van der Waals surface area contributed by atoms with E-state index in [1.807, 2.05) is 42.5 Å². The van der Waals surface area contributed by atoms with Gasteiger partial charge in [-0.3, -0.25) is 32.3 Å². The first-order chi connectivity index (χ1) is 22.7. The standard InChI is InChI=1S/C22H30Cl2N10.C12H10O.2ClH.Na/c23-15-5-9-17(10-6-15)31-21(27)33-19(25)29-13-3-1-2-4-14-30-20(26)34-22(28)32-18-11-7-16(24)8-12-18;13-12-9-5-4-8-11(12)10-6-2-1-3-7-10;;;/h5-12H,1-4,13-14H2,(H5,25,27,29,31,33)(H5,26,28,30,32,34);1-9,13H;2*1H;/q;;;;+1/p-1. The van der Waals surface area contributed by atoms with Gasteiger partial charge in [0, 0.05) is 34.5 Å². The summed E-state index contributed by atoms with van der Waals surface area (Å²) in [5, 5.41) is 60.9. The van der Waals surface area contributed by atoms with Crippen LogP contribution in [0.3, 0.4) is 0 Å². The van der Waals surface area contributed by atoms with E-state index in [1.54, 1.807) is 60.7 Å². The molecule has 262 valence electrons. The number of halogens is 4. The predicted octanol–water partition coefficient (Wildman–Crippen LogP) is 4.45. The van der Waals surface area contributed by atoms with E-state index in [0.29, 0.717) is 34.5 Å². The molecule has 0 aliphatic heterocycles. The predicted molar refractivity (Wildman–Crippen MR) is 208 cm³/mol. The van der Waals surface area contributed by atoms with Crippen LogP contribution in [0.5, 0.6) is 5.75 Å². The molecule has 0 bridgehead atoms. The van der Waals surface area contributed by atoms with Crippen molar-refractivity contribution in [3.05, 3.63) is 113 Å². The number of hydrogen-bond donors (Lipinski definition) is 10. The van der Waals surface area contributed by atoms with Crippen molar-refractivity contribution in [3.8, 4) is 16.9 Å². The van der Waals surface area contributed by atoms with Gasteiger partial charge in [-0.1, -0.05) is 90.6 Å². The maximum Gasteiger partial charge on any atom is 1.00 e. The van der Waals surface area contributed by atoms with Crippen molar-refractivity contribution < 1.29 is 34.7 Å². The van der Waals surface area contributed by atoms with E-state index in [0.717, 1.165) is 36.8 Å². The fourth-order valence-electron chi connectivity index (χ4n) is 4.11. The van der Waals surface area contributed by atoms with Crippen LogP contribution < -0.4 is 66.6 Å². The number of guanidine groups is 4. The number of hydrogen-bond acceptors (Lipinski definition) is 5. The Bertz CT molecular complexity index is 1520. The molecule has 0 aliphatic rings. The molecule has 0 aliphatic carbocycles. The van der Waals surface area contributed by atoms with Crippen molar-refractivity contribution in [3.63, 3.8) is 0 Å². The van der Waals surface area contributed by atoms with Crippen LogP contribution in [-0.4, -0.2) is 36.9 Å². The third-order valence-electron chi connectivity index (χ3n) is 6.41. The van der Waals surface area contributed by atoms with Crippen LogP contribution in [0.1, 0.15) is 25.7 Å². The van der Waals surface area contributed by atoms with E-state index in [4.69, 9.17) is 44.8 Å². The Labute approximate surface area is 337 Å². The van der Waals surface area contributed by atoms with Crippen molar-refractivity contribution >= 4 is 83.2 Å². The van der Waals surface area contributed by atoms with Gasteiger partial charge in [-0.25, -0.2) is 0 Å². The normalized spacial score (nSPS) is 9.40. The molecule has 4 aromatic carbocycles. The Hall–Kier alpha value is -3.68. The second kappa shape index (κ2) is 26.2. The molecule has 10 N–H and O–H groups in total. The van der Waals surface area contributed by atoms with Gasteiger partial charge in [0.2, 0.25) is 0 Å². The fourth-order valence-corrected chi connectivity index (χ4v) is 4.36. The van der Waals surface area contributed by atoms with Gasteiger partial charge in [-0.05, 0) is 72.5 Å². The molecule has 4 aromatic rings. The number of unbranched alkanes of at least 4 members (excludes halogenated alkanes) is 3. The first-order valence-corrected chi connectivity index (χ1v) is 15.7. The number of anilines is 2. The Morgan fingerprint density at radius 1 is 0.520 bits per heavy atom. The third-order valence-corrected chi connectivity index (χ3v) is 6.91. The van der Waals surface area contributed by atoms with Crippen LogP contribution in [0.15, 0.2) is 103 Å². The molecule has 0 saturated carbocycles.